The molecule has 2 heterocycles. The summed E-state index contributed by atoms with van der Waals surface area (Å²) in [6.07, 6.45) is 7.59. The summed E-state index contributed by atoms with van der Waals surface area (Å²) in [5.41, 5.74) is 15.5. The van der Waals surface area contributed by atoms with Gasteiger partial charge in [-0.05, 0) is 63.5 Å². The summed E-state index contributed by atoms with van der Waals surface area (Å²) in [5, 5.41) is 10.6. The Balaban J connectivity index is 1.37. The Morgan fingerprint density at radius 3 is 2.73 bits per heavy atom. The highest BCUT2D eigenvalue weighted by Gasteiger charge is 2.55. The van der Waals surface area contributed by atoms with Gasteiger partial charge in [-0.3, -0.25) is 14.7 Å². The summed E-state index contributed by atoms with van der Waals surface area (Å²) in [6, 6.07) is 5.09. The average Bonchev–Trinajstić information content (AvgIpc) is 3.31. The van der Waals surface area contributed by atoms with Crippen molar-refractivity contribution in [3.63, 3.8) is 0 Å². The van der Waals surface area contributed by atoms with Crippen LogP contribution in [0.2, 0.25) is 0 Å². The maximum atomic E-state index is 13.3. The molecule has 1 aliphatic heterocycles. The lowest BCUT2D eigenvalue weighted by atomic mass is 9.71. The molecule has 1 aromatic heterocycles. The lowest BCUT2D eigenvalue weighted by Crippen LogP contribution is -2.62. The van der Waals surface area contributed by atoms with E-state index in [1.165, 1.54) is 0 Å². The molecule has 2 aliphatic carbocycles. The minimum absolute atomic E-state index is 0.0825. The van der Waals surface area contributed by atoms with Crippen LogP contribution < -0.4 is 16.8 Å². The van der Waals surface area contributed by atoms with Crippen molar-refractivity contribution >= 4 is 23.2 Å². The molecule has 1 atom stereocenters. The van der Waals surface area contributed by atoms with Crippen LogP contribution in [0.15, 0.2) is 18.2 Å². The normalized spacial score (nSPS) is 21.9. The quantitative estimate of drug-likeness (QED) is 0.577. The number of nitrogens with one attached hydrogen (secondary N) is 2. The van der Waals surface area contributed by atoms with Crippen LogP contribution in [0.1, 0.15) is 70.6 Å². The van der Waals surface area contributed by atoms with E-state index in [1.54, 1.807) is 18.2 Å². The molecule has 6 N–H and O–H groups in total. The van der Waals surface area contributed by atoms with Gasteiger partial charge in [0, 0.05) is 17.8 Å². The smallest absolute Gasteiger partial charge is 0.272 e. The van der Waals surface area contributed by atoms with Crippen LogP contribution in [0.5, 0.6) is 0 Å². The topological polar surface area (TPSA) is 130 Å². The summed E-state index contributed by atoms with van der Waals surface area (Å²) in [5.74, 6) is -0.239. The molecule has 1 aromatic carbocycles. The van der Waals surface area contributed by atoms with Crippen molar-refractivity contribution in [2.45, 2.75) is 62.9 Å². The van der Waals surface area contributed by atoms with Gasteiger partial charge in [-0.25, -0.2) is 0 Å². The molecule has 0 radical (unpaired) electrons. The Bertz CT molecular complexity index is 1010. The molecular formula is C22H28N6O2. The Morgan fingerprint density at radius 2 is 1.97 bits per heavy atom. The third kappa shape index (κ3) is 2.77. The van der Waals surface area contributed by atoms with E-state index in [9.17, 15) is 9.59 Å². The third-order valence-electron chi connectivity index (χ3n) is 7.24. The van der Waals surface area contributed by atoms with Crippen molar-refractivity contribution in [1.29, 1.82) is 0 Å². The third-order valence-corrected chi connectivity index (χ3v) is 7.24. The van der Waals surface area contributed by atoms with Gasteiger partial charge in [0.05, 0.1) is 28.5 Å². The summed E-state index contributed by atoms with van der Waals surface area (Å²) in [6.45, 7) is 0.594. The Hall–Kier alpha value is -3.03. The molecule has 2 aromatic rings. The van der Waals surface area contributed by atoms with Crippen molar-refractivity contribution in [2.75, 3.05) is 18.0 Å². The van der Waals surface area contributed by atoms with Crippen LogP contribution in [-0.4, -0.2) is 45.0 Å². The number of hydrogen-bond acceptors (Lipinski definition) is 5. The van der Waals surface area contributed by atoms with Crippen molar-refractivity contribution in [2.24, 2.45) is 0 Å². The number of nitrogens with zero attached hydrogens (tertiary/aromatic N) is 2. The number of hydrogen-bond donors (Lipinski definition) is 4. The van der Waals surface area contributed by atoms with Gasteiger partial charge in [0.1, 0.15) is 0 Å². The summed E-state index contributed by atoms with van der Waals surface area (Å²) < 4.78 is 0. The van der Waals surface area contributed by atoms with E-state index < -0.39 is 0 Å². The van der Waals surface area contributed by atoms with Crippen LogP contribution in [0.3, 0.4) is 0 Å². The van der Waals surface area contributed by atoms with Gasteiger partial charge in [0.25, 0.3) is 11.8 Å². The van der Waals surface area contributed by atoms with Crippen molar-refractivity contribution in [3.8, 4) is 0 Å². The fourth-order valence-electron chi connectivity index (χ4n) is 5.42. The van der Waals surface area contributed by atoms with Crippen molar-refractivity contribution in [1.82, 2.24) is 20.4 Å². The average molecular weight is 409 g/mol. The zero-order valence-corrected chi connectivity index (χ0v) is 17.0. The fourth-order valence-corrected chi connectivity index (χ4v) is 5.42. The largest absolute Gasteiger partial charge is 0.397 e. The summed E-state index contributed by atoms with van der Waals surface area (Å²) in [4.78, 5) is 28.3. The molecule has 2 fully saturated rings. The Kier molecular flexibility index (Phi) is 4.45. The maximum Gasteiger partial charge on any atom is 0.272 e. The molecule has 5 rings (SSSR count). The summed E-state index contributed by atoms with van der Waals surface area (Å²) >= 11 is 0. The monoisotopic (exact) mass is 408 g/mol. The molecule has 1 unspecified atom stereocenters. The zero-order chi connectivity index (χ0) is 20.9. The second kappa shape index (κ2) is 7.04. The van der Waals surface area contributed by atoms with Crippen LogP contribution >= 0.6 is 0 Å². The van der Waals surface area contributed by atoms with Gasteiger partial charge in [-0.1, -0.05) is 6.07 Å². The number of nitrogens with two attached hydrogens (primary N) is 2. The molecule has 1 saturated heterocycles. The Labute approximate surface area is 175 Å². The number of aryl methyl sites for hydroxylation is 1. The molecular weight excluding hydrogens is 380 g/mol. The number of carbonyl (C=O) groups is 2. The SMILES string of the molecule is Nc1cccc(C(=O)N2CCC(NC(=O)c3n[nH]c4c3CCCC4)C23CCC3)c1N. The molecule has 8 heteroatoms. The number of rotatable bonds is 3. The first-order valence-corrected chi connectivity index (χ1v) is 10.8. The fraction of sp³-hybridized carbons (Fsp3) is 0.500. The Morgan fingerprint density at radius 1 is 1.17 bits per heavy atom. The maximum absolute atomic E-state index is 13.3. The van der Waals surface area contributed by atoms with E-state index in [0.29, 0.717) is 29.2 Å². The number of H-pyrrole nitrogens is 1. The second-order valence-electron chi connectivity index (χ2n) is 8.77. The van der Waals surface area contributed by atoms with E-state index in [1.807, 2.05) is 4.90 Å². The minimum atomic E-state index is -0.347. The first-order chi connectivity index (χ1) is 14.5. The van der Waals surface area contributed by atoms with Gasteiger partial charge in [-0.15, -0.1) is 0 Å². The number of carbonyl (C=O) groups excluding carboxylic acids is 2. The second-order valence-corrected chi connectivity index (χ2v) is 8.77. The molecule has 158 valence electrons. The molecule has 1 spiro atoms. The minimum Gasteiger partial charge on any atom is -0.397 e. The summed E-state index contributed by atoms with van der Waals surface area (Å²) in [7, 11) is 0. The van der Waals surface area contributed by atoms with Crippen molar-refractivity contribution < 1.29 is 9.59 Å². The lowest BCUT2D eigenvalue weighted by Gasteiger charge is -2.49. The molecule has 8 nitrogen and oxygen atoms in total. The number of aromatic nitrogens is 2. The van der Waals surface area contributed by atoms with Gasteiger partial charge >= 0.3 is 0 Å². The van der Waals surface area contributed by atoms with E-state index in [2.05, 4.69) is 15.5 Å². The van der Waals surface area contributed by atoms with E-state index in [0.717, 1.165) is 62.6 Å². The predicted octanol–water partition coefficient (Wildman–Crippen LogP) is 2.02. The lowest BCUT2D eigenvalue weighted by molar-refractivity contribution is 0.0260. The van der Waals surface area contributed by atoms with Crippen LogP contribution in [-0.2, 0) is 12.8 Å². The van der Waals surface area contributed by atoms with Gasteiger partial charge in [0.2, 0.25) is 0 Å². The number of aromatic amines is 1. The standard InChI is InChI=1S/C22H28N6O2/c23-15-7-3-6-14(18(15)24)21(30)28-12-9-17(22(28)10-4-11-22)25-20(29)19-13-5-1-2-8-16(13)26-27-19/h3,6-7,17H,1-2,4-5,8-12,23-24H2,(H,25,29)(H,26,27). The molecule has 2 amide bonds. The highest BCUT2D eigenvalue weighted by atomic mass is 16.2. The van der Waals surface area contributed by atoms with E-state index >= 15 is 0 Å². The van der Waals surface area contributed by atoms with Gasteiger partial charge in [0.15, 0.2) is 5.69 Å². The molecule has 30 heavy (non-hydrogen) atoms. The van der Waals surface area contributed by atoms with Crippen LogP contribution in [0.25, 0.3) is 0 Å². The highest BCUT2D eigenvalue weighted by molar-refractivity contribution is 6.02. The first-order valence-electron chi connectivity index (χ1n) is 10.8. The molecule has 0 bridgehead atoms. The number of likely N-dealkylation sites (tertiary alicyclic amines) is 1. The zero-order valence-electron chi connectivity index (χ0n) is 17.0. The molecule has 1 saturated carbocycles. The van der Waals surface area contributed by atoms with Crippen LogP contribution in [0.4, 0.5) is 11.4 Å². The molecule has 3 aliphatic rings. The number of benzene rings is 1. The van der Waals surface area contributed by atoms with E-state index in [-0.39, 0.29) is 23.4 Å². The van der Waals surface area contributed by atoms with Crippen LogP contribution in [0, 0.1) is 0 Å². The number of fused-ring (bicyclic) bond motifs is 1. The number of para-hydroxylation sites is 1. The first kappa shape index (κ1) is 19.0. The number of amides is 2. The van der Waals surface area contributed by atoms with Gasteiger partial charge < -0.3 is 21.7 Å². The highest BCUT2D eigenvalue weighted by Crippen LogP contribution is 2.46. The van der Waals surface area contributed by atoms with Crippen molar-refractivity contribution in [3.05, 3.63) is 40.7 Å². The number of anilines is 2. The van der Waals surface area contributed by atoms with Gasteiger partial charge in [-0.2, -0.15) is 5.10 Å². The predicted molar refractivity (Wildman–Crippen MR) is 114 cm³/mol. The number of nitrogen functional groups attached to an aromatic ring is 2. The van der Waals surface area contributed by atoms with E-state index in [4.69, 9.17) is 11.5 Å².